The fourth-order valence-corrected chi connectivity index (χ4v) is 2.95. The van der Waals surface area contributed by atoms with Crippen LogP contribution in [0.15, 0.2) is 36.5 Å². The van der Waals surface area contributed by atoms with Gasteiger partial charge in [-0.2, -0.15) is 5.10 Å². The van der Waals surface area contributed by atoms with Crippen molar-refractivity contribution in [2.45, 2.75) is 44.2 Å². The zero-order valence-corrected chi connectivity index (χ0v) is 12.8. The van der Waals surface area contributed by atoms with Gasteiger partial charge in [-0.3, -0.25) is 4.79 Å². The van der Waals surface area contributed by atoms with Gasteiger partial charge in [0.05, 0.1) is 29.9 Å². The highest BCUT2D eigenvalue weighted by Gasteiger charge is 2.33. The Labute approximate surface area is 134 Å². The standard InChI is InChI=1S/C17H20FN3O2/c18-13-3-5-15(6-4-13)21-10-7-14(20-21)12-19-16(22)11-17(23)8-1-2-9-17/h3-7,10,23H,1-2,8-9,11-12H2,(H,19,22). The molecule has 1 amide bonds. The lowest BCUT2D eigenvalue weighted by molar-refractivity contribution is -0.126. The van der Waals surface area contributed by atoms with E-state index in [1.54, 1.807) is 29.1 Å². The summed E-state index contributed by atoms with van der Waals surface area (Å²) in [5.41, 5.74) is 0.628. The normalized spacial score (nSPS) is 16.4. The van der Waals surface area contributed by atoms with Crippen LogP contribution >= 0.6 is 0 Å². The van der Waals surface area contributed by atoms with Gasteiger partial charge in [0.2, 0.25) is 5.91 Å². The van der Waals surface area contributed by atoms with Crippen molar-refractivity contribution in [2.24, 2.45) is 0 Å². The lowest BCUT2D eigenvalue weighted by Gasteiger charge is -2.20. The molecule has 0 radical (unpaired) electrons. The number of aromatic nitrogens is 2. The van der Waals surface area contributed by atoms with E-state index in [1.165, 1.54) is 12.1 Å². The van der Waals surface area contributed by atoms with Crippen molar-refractivity contribution in [1.29, 1.82) is 0 Å². The molecule has 5 nitrogen and oxygen atoms in total. The van der Waals surface area contributed by atoms with Crippen LogP contribution in [0, 0.1) is 5.82 Å². The fourth-order valence-electron chi connectivity index (χ4n) is 2.95. The van der Waals surface area contributed by atoms with E-state index < -0.39 is 5.60 Å². The smallest absolute Gasteiger partial charge is 0.223 e. The lowest BCUT2D eigenvalue weighted by atomic mass is 9.98. The molecule has 1 aromatic heterocycles. The SMILES string of the molecule is O=C(CC1(O)CCCC1)NCc1ccn(-c2ccc(F)cc2)n1. The van der Waals surface area contributed by atoms with Gasteiger partial charge in [-0.25, -0.2) is 9.07 Å². The molecule has 0 unspecified atom stereocenters. The van der Waals surface area contributed by atoms with Crippen LogP contribution in [-0.4, -0.2) is 26.4 Å². The van der Waals surface area contributed by atoms with Crippen molar-refractivity contribution in [3.05, 3.63) is 48.0 Å². The van der Waals surface area contributed by atoms with E-state index in [2.05, 4.69) is 10.4 Å². The minimum absolute atomic E-state index is 0.145. The van der Waals surface area contributed by atoms with Gasteiger partial charge in [-0.05, 0) is 43.2 Å². The quantitative estimate of drug-likeness (QED) is 0.889. The van der Waals surface area contributed by atoms with Gasteiger partial charge >= 0.3 is 0 Å². The summed E-state index contributed by atoms with van der Waals surface area (Å²) in [6.07, 6.45) is 5.25. The first-order chi connectivity index (χ1) is 11.0. The summed E-state index contributed by atoms with van der Waals surface area (Å²) in [6.45, 7) is 0.309. The maximum atomic E-state index is 12.9. The molecule has 3 rings (SSSR count). The zero-order valence-electron chi connectivity index (χ0n) is 12.8. The Kier molecular flexibility index (Phi) is 4.43. The van der Waals surface area contributed by atoms with Crippen LogP contribution in [0.1, 0.15) is 37.8 Å². The van der Waals surface area contributed by atoms with E-state index in [-0.39, 0.29) is 18.1 Å². The number of hydrogen-bond acceptors (Lipinski definition) is 3. The van der Waals surface area contributed by atoms with E-state index in [1.807, 2.05) is 0 Å². The first kappa shape index (κ1) is 15.7. The van der Waals surface area contributed by atoms with Crippen LogP contribution < -0.4 is 5.32 Å². The average molecular weight is 317 g/mol. The summed E-state index contributed by atoms with van der Waals surface area (Å²) >= 11 is 0. The predicted molar refractivity (Wildman–Crippen MR) is 83.4 cm³/mol. The molecule has 1 aromatic carbocycles. The third kappa shape index (κ3) is 3.96. The van der Waals surface area contributed by atoms with Gasteiger partial charge in [0.25, 0.3) is 0 Å². The van der Waals surface area contributed by atoms with Crippen LogP contribution in [0.3, 0.4) is 0 Å². The monoisotopic (exact) mass is 317 g/mol. The van der Waals surface area contributed by atoms with Gasteiger partial charge in [-0.15, -0.1) is 0 Å². The van der Waals surface area contributed by atoms with Gasteiger partial charge in [0.15, 0.2) is 0 Å². The minimum Gasteiger partial charge on any atom is -0.389 e. The first-order valence-electron chi connectivity index (χ1n) is 7.84. The largest absolute Gasteiger partial charge is 0.389 e. The molecule has 2 N–H and O–H groups in total. The molecule has 6 heteroatoms. The number of benzene rings is 1. The van der Waals surface area contributed by atoms with Crippen LogP contribution in [-0.2, 0) is 11.3 Å². The maximum Gasteiger partial charge on any atom is 0.223 e. The molecule has 1 aliphatic rings. The van der Waals surface area contributed by atoms with Crippen LogP contribution in [0.25, 0.3) is 5.69 Å². The van der Waals surface area contributed by atoms with Gasteiger partial charge in [0, 0.05) is 6.20 Å². The topological polar surface area (TPSA) is 67.2 Å². The maximum absolute atomic E-state index is 12.9. The molecule has 23 heavy (non-hydrogen) atoms. The number of nitrogens with zero attached hydrogens (tertiary/aromatic N) is 2. The highest BCUT2D eigenvalue weighted by Crippen LogP contribution is 2.32. The Bertz CT molecular complexity index is 675. The second-order valence-corrected chi connectivity index (χ2v) is 6.11. The zero-order chi connectivity index (χ0) is 16.3. The van der Waals surface area contributed by atoms with E-state index in [0.717, 1.165) is 18.5 Å². The molecule has 0 spiro atoms. The molecule has 0 bridgehead atoms. The van der Waals surface area contributed by atoms with Crippen molar-refractivity contribution >= 4 is 5.91 Å². The summed E-state index contributed by atoms with van der Waals surface area (Å²) < 4.78 is 14.5. The highest BCUT2D eigenvalue weighted by atomic mass is 19.1. The number of aliphatic hydroxyl groups is 1. The van der Waals surface area contributed by atoms with E-state index in [4.69, 9.17) is 0 Å². The van der Waals surface area contributed by atoms with Crippen molar-refractivity contribution in [3.63, 3.8) is 0 Å². The third-order valence-electron chi connectivity index (χ3n) is 4.23. The Morgan fingerprint density at radius 1 is 1.26 bits per heavy atom. The van der Waals surface area contributed by atoms with Crippen LogP contribution in [0.2, 0.25) is 0 Å². The number of amides is 1. The Hall–Kier alpha value is -2.21. The number of carbonyl (C=O) groups is 1. The molecule has 0 saturated heterocycles. The van der Waals surface area contributed by atoms with Gasteiger partial charge in [-0.1, -0.05) is 12.8 Å². The third-order valence-corrected chi connectivity index (χ3v) is 4.23. The lowest BCUT2D eigenvalue weighted by Crippen LogP contribution is -2.34. The Morgan fingerprint density at radius 3 is 2.65 bits per heavy atom. The van der Waals surface area contributed by atoms with Crippen LogP contribution in [0.4, 0.5) is 4.39 Å². The molecule has 1 heterocycles. The van der Waals surface area contributed by atoms with E-state index in [9.17, 15) is 14.3 Å². The second kappa shape index (κ2) is 6.50. The molecule has 122 valence electrons. The van der Waals surface area contributed by atoms with E-state index in [0.29, 0.717) is 25.1 Å². The van der Waals surface area contributed by atoms with Gasteiger partial charge < -0.3 is 10.4 Å². The number of nitrogens with one attached hydrogen (secondary N) is 1. The number of rotatable bonds is 5. The number of halogens is 1. The second-order valence-electron chi connectivity index (χ2n) is 6.11. The average Bonchev–Trinajstić information content (AvgIpc) is 3.15. The Balaban J connectivity index is 1.55. The molecule has 0 aliphatic heterocycles. The van der Waals surface area contributed by atoms with Crippen molar-refractivity contribution in [2.75, 3.05) is 0 Å². The molecule has 2 aromatic rings. The van der Waals surface area contributed by atoms with Crippen molar-refractivity contribution in [3.8, 4) is 5.69 Å². The summed E-state index contributed by atoms with van der Waals surface area (Å²) in [6, 6.07) is 7.83. The molecule has 1 aliphatic carbocycles. The molecule has 1 saturated carbocycles. The summed E-state index contributed by atoms with van der Waals surface area (Å²) in [5.74, 6) is -0.455. The fraction of sp³-hybridized carbons (Fsp3) is 0.412. The van der Waals surface area contributed by atoms with Crippen molar-refractivity contribution in [1.82, 2.24) is 15.1 Å². The molecular weight excluding hydrogens is 297 g/mol. The predicted octanol–water partition coefficient (Wildman–Crippen LogP) is 2.32. The van der Waals surface area contributed by atoms with E-state index >= 15 is 0 Å². The van der Waals surface area contributed by atoms with Gasteiger partial charge in [0.1, 0.15) is 5.82 Å². The summed E-state index contributed by atoms with van der Waals surface area (Å²) in [4.78, 5) is 11.9. The summed E-state index contributed by atoms with van der Waals surface area (Å²) in [5, 5.41) is 17.4. The number of hydrogen-bond donors (Lipinski definition) is 2. The molecule has 1 fully saturated rings. The highest BCUT2D eigenvalue weighted by molar-refractivity contribution is 5.77. The van der Waals surface area contributed by atoms with Crippen molar-refractivity contribution < 1.29 is 14.3 Å². The number of carbonyl (C=O) groups excluding carboxylic acids is 1. The minimum atomic E-state index is -0.836. The Morgan fingerprint density at radius 2 is 1.96 bits per heavy atom. The molecule has 0 atom stereocenters. The van der Waals surface area contributed by atoms with Crippen LogP contribution in [0.5, 0.6) is 0 Å². The first-order valence-corrected chi connectivity index (χ1v) is 7.84. The summed E-state index contributed by atoms with van der Waals surface area (Å²) in [7, 11) is 0. The molecular formula is C17H20FN3O2.